The van der Waals surface area contributed by atoms with E-state index in [1.807, 2.05) is 19.1 Å². The summed E-state index contributed by atoms with van der Waals surface area (Å²) < 4.78 is 0. The molecule has 2 rings (SSSR count). The Labute approximate surface area is 79.4 Å². The van der Waals surface area contributed by atoms with Gasteiger partial charge in [-0.1, -0.05) is 29.8 Å². The number of aryl methyl sites for hydroxylation is 1. The van der Waals surface area contributed by atoms with Gasteiger partial charge in [-0.2, -0.15) is 0 Å². The summed E-state index contributed by atoms with van der Waals surface area (Å²) in [6.07, 6.45) is 2.34. The Hall–Kier alpha value is -0.820. The lowest BCUT2D eigenvalue weighted by Crippen LogP contribution is -2.23. The Kier molecular flexibility index (Phi) is 1.92. The van der Waals surface area contributed by atoms with Gasteiger partial charge in [-0.25, -0.2) is 0 Å². The third kappa shape index (κ3) is 1.61. The minimum atomic E-state index is -0.603. The van der Waals surface area contributed by atoms with Crippen molar-refractivity contribution < 1.29 is 5.11 Å². The highest BCUT2D eigenvalue weighted by Crippen LogP contribution is 2.45. The molecule has 0 spiro atoms. The maximum Gasteiger partial charge on any atom is 0.0896 e. The summed E-state index contributed by atoms with van der Waals surface area (Å²) in [6.45, 7) is 3.99. The molecule has 1 atom stereocenters. The number of hydrogen-bond donors (Lipinski definition) is 1. The highest BCUT2D eigenvalue weighted by Gasteiger charge is 2.40. The zero-order valence-electron chi connectivity index (χ0n) is 8.25. The lowest BCUT2D eigenvalue weighted by molar-refractivity contribution is 0.0331. The number of benzene rings is 1. The van der Waals surface area contributed by atoms with Gasteiger partial charge in [0.2, 0.25) is 0 Å². The molecule has 1 aromatic rings. The van der Waals surface area contributed by atoms with Gasteiger partial charge in [-0.05, 0) is 38.2 Å². The SMILES string of the molecule is Cc1ccc([C@@](C)(O)C2CC2)cc1. The smallest absolute Gasteiger partial charge is 0.0896 e. The lowest BCUT2D eigenvalue weighted by Gasteiger charge is -2.23. The predicted octanol–water partition coefficient (Wildman–Crippen LogP) is 2.61. The molecule has 0 saturated heterocycles. The van der Waals surface area contributed by atoms with E-state index in [1.54, 1.807) is 0 Å². The highest BCUT2D eigenvalue weighted by atomic mass is 16.3. The van der Waals surface area contributed by atoms with Crippen molar-refractivity contribution in [3.05, 3.63) is 35.4 Å². The largest absolute Gasteiger partial charge is 0.385 e. The minimum Gasteiger partial charge on any atom is -0.385 e. The van der Waals surface area contributed by atoms with Gasteiger partial charge in [0, 0.05) is 0 Å². The van der Waals surface area contributed by atoms with Crippen LogP contribution in [-0.4, -0.2) is 5.11 Å². The van der Waals surface area contributed by atoms with Crippen LogP contribution in [-0.2, 0) is 5.60 Å². The Bertz CT molecular complexity index is 293. The summed E-state index contributed by atoms with van der Waals surface area (Å²) in [5.74, 6) is 0.482. The van der Waals surface area contributed by atoms with E-state index in [1.165, 1.54) is 18.4 Å². The number of rotatable bonds is 2. The minimum absolute atomic E-state index is 0.482. The lowest BCUT2D eigenvalue weighted by atomic mass is 9.90. The molecule has 1 heteroatoms. The summed E-state index contributed by atoms with van der Waals surface area (Å²) in [4.78, 5) is 0. The number of aliphatic hydroxyl groups is 1. The van der Waals surface area contributed by atoms with E-state index in [0.29, 0.717) is 5.92 Å². The topological polar surface area (TPSA) is 20.2 Å². The van der Waals surface area contributed by atoms with Gasteiger partial charge in [0.15, 0.2) is 0 Å². The summed E-state index contributed by atoms with van der Waals surface area (Å²) in [5, 5.41) is 10.2. The van der Waals surface area contributed by atoms with E-state index in [4.69, 9.17) is 0 Å². The van der Waals surface area contributed by atoms with Crippen molar-refractivity contribution in [2.75, 3.05) is 0 Å². The molecule has 70 valence electrons. The first-order chi connectivity index (χ1) is 6.10. The molecule has 0 heterocycles. The molecular weight excluding hydrogens is 160 g/mol. The molecule has 0 amide bonds. The normalized spacial score (nSPS) is 21.2. The van der Waals surface area contributed by atoms with E-state index in [0.717, 1.165) is 5.56 Å². The molecule has 1 N–H and O–H groups in total. The van der Waals surface area contributed by atoms with Gasteiger partial charge < -0.3 is 5.11 Å². The van der Waals surface area contributed by atoms with Gasteiger partial charge >= 0.3 is 0 Å². The van der Waals surface area contributed by atoms with Crippen molar-refractivity contribution in [1.82, 2.24) is 0 Å². The van der Waals surface area contributed by atoms with Crippen LogP contribution in [0.4, 0.5) is 0 Å². The molecule has 1 saturated carbocycles. The Balaban J connectivity index is 2.28. The fourth-order valence-electron chi connectivity index (χ4n) is 1.77. The second-order valence-electron chi connectivity index (χ2n) is 4.29. The van der Waals surface area contributed by atoms with Crippen LogP contribution in [0.25, 0.3) is 0 Å². The van der Waals surface area contributed by atoms with Crippen molar-refractivity contribution >= 4 is 0 Å². The molecule has 13 heavy (non-hydrogen) atoms. The van der Waals surface area contributed by atoms with Crippen LogP contribution in [0.2, 0.25) is 0 Å². The molecule has 1 aliphatic carbocycles. The van der Waals surface area contributed by atoms with Crippen LogP contribution in [0.1, 0.15) is 30.9 Å². The van der Waals surface area contributed by atoms with Crippen LogP contribution >= 0.6 is 0 Å². The molecule has 0 radical (unpaired) electrons. The Morgan fingerprint density at radius 1 is 1.23 bits per heavy atom. The average molecular weight is 176 g/mol. The zero-order chi connectivity index (χ0) is 9.47. The molecular formula is C12H16O. The van der Waals surface area contributed by atoms with Crippen LogP contribution in [0.5, 0.6) is 0 Å². The Morgan fingerprint density at radius 2 is 1.77 bits per heavy atom. The number of hydrogen-bond acceptors (Lipinski definition) is 1. The maximum atomic E-state index is 10.2. The predicted molar refractivity (Wildman–Crippen MR) is 53.5 cm³/mol. The summed E-state index contributed by atoms with van der Waals surface area (Å²) in [6, 6.07) is 8.19. The van der Waals surface area contributed by atoms with Gasteiger partial charge in [-0.3, -0.25) is 0 Å². The molecule has 0 aliphatic heterocycles. The van der Waals surface area contributed by atoms with Crippen molar-refractivity contribution in [1.29, 1.82) is 0 Å². The average Bonchev–Trinajstić information content (AvgIpc) is 2.87. The molecule has 1 aliphatic rings. The third-order valence-electron chi connectivity index (χ3n) is 3.01. The molecule has 0 bridgehead atoms. The van der Waals surface area contributed by atoms with E-state index in [-0.39, 0.29) is 0 Å². The standard InChI is InChI=1S/C12H16O/c1-9-3-5-10(6-4-9)12(2,13)11-7-8-11/h3-6,11,13H,7-8H2,1-2H3/t12-/m1/s1. The van der Waals surface area contributed by atoms with Crippen molar-refractivity contribution in [2.45, 2.75) is 32.3 Å². The summed E-state index contributed by atoms with van der Waals surface area (Å²) in [7, 11) is 0. The van der Waals surface area contributed by atoms with Crippen LogP contribution in [0.15, 0.2) is 24.3 Å². The van der Waals surface area contributed by atoms with Crippen molar-refractivity contribution in [2.24, 2.45) is 5.92 Å². The first-order valence-electron chi connectivity index (χ1n) is 4.90. The van der Waals surface area contributed by atoms with Crippen LogP contribution in [0.3, 0.4) is 0 Å². The van der Waals surface area contributed by atoms with Gasteiger partial charge in [-0.15, -0.1) is 0 Å². The van der Waals surface area contributed by atoms with Gasteiger partial charge in [0.05, 0.1) is 5.60 Å². The zero-order valence-corrected chi connectivity index (χ0v) is 8.25. The quantitative estimate of drug-likeness (QED) is 0.734. The fourth-order valence-corrected chi connectivity index (χ4v) is 1.77. The molecule has 0 aromatic heterocycles. The van der Waals surface area contributed by atoms with E-state index < -0.39 is 5.60 Å². The Morgan fingerprint density at radius 3 is 2.23 bits per heavy atom. The van der Waals surface area contributed by atoms with E-state index in [9.17, 15) is 5.11 Å². The third-order valence-corrected chi connectivity index (χ3v) is 3.01. The highest BCUT2D eigenvalue weighted by molar-refractivity contribution is 5.27. The van der Waals surface area contributed by atoms with E-state index in [2.05, 4.69) is 19.1 Å². The first kappa shape index (κ1) is 8.76. The first-order valence-corrected chi connectivity index (χ1v) is 4.90. The van der Waals surface area contributed by atoms with Crippen LogP contribution < -0.4 is 0 Å². The van der Waals surface area contributed by atoms with E-state index >= 15 is 0 Å². The maximum absolute atomic E-state index is 10.2. The van der Waals surface area contributed by atoms with Gasteiger partial charge in [0.25, 0.3) is 0 Å². The second-order valence-corrected chi connectivity index (χ2v) is 4.29. The second kappa shape index (κ2) is 2.85. The monoisotopic (exact) mass is 176 g/mol. The molecule has 1 fully saturated rings. The molecule has 1 aromatic carbocycles. The molecule has 1 nitrogen and oxygen atoms in total. The molecule has 0 unspecified atom stereocenters. The van der Waals surface area contributed by atoms with Crippen molar-refractivity contribution in [3.63, 3.8) is 0 Å². The fraction of sp³-hybridized carbons (Fsp3) is 0.500. The van der Waals surface area contributed by atoms with Crippen LogP contribution in [0, 0.1) is 12.8 Å². The van der Waals surface area contributed by atoms with Crippen molar-refractivity contribution in [3.8, 4) is 0 Å². The summed E-state index contributed by atoms with van der Waals surface area (Å²) >= 11 is 0. The summed E-state index contributed by atoms with van der Waals surface area (Å²) in [5.41, 5.74) is 1.70. The van der Waals surface area contributed by atoms with Gasteiger partial charge in [0.1, 0.15) is 0 Å².